The van der Waals surface area contributed by atoms with Crippen LogP contribution in [0.15, 0.2) is 53.0 Å². The van der Waals surface area contributed by atoms with Crippen molar-refractivity contribution in [2.75, 3.05) is 18.4 Å². The van der Waals surface area contributed by atoms with Crippen molar-refractivity contribution in [2.24, 2.45) is 0 Å². The number of hydrogen-bond donors (Lipinski definition) is 2. The van der Waals surface area contributed by atoms with Crippen LogP contribution in [-0.2, 0) is 11.3 Å². The Labute approximate surface area is 146 Å². The lowest BCUT2D eigenvalue weighted by Gasteiger charge is -2.17. The second kappa shape index (κ2) is 8.85. The van der Waals surface area contributed by atoms with Gasteiger partial charge in [0.1, 0.15) is 6.54 Å². The van der Waals surface area contributed by atoms with Gasteiger partial charge in [-0.2, -0.15) is 0 Å². The van der Waals surface area contributed by atoms with Crippen LogP contribution in [0.4, 0.5) is 5.69 Å². The molecule has 1 amide bonds. The first kappa shape index (κ1) is 17.7. The summed E-state index contributed by atoms with van der Waals surface area (Å²) in [6.07, 6.45) is 0.533. The fraction of sp³-hybridized carbons (Fsp3) is 0.316. The largest absolute Gasteiger partial charge is 0.331 e. The van der Waals surface area contributed by atoms with Crippen molar-refractivity contribution >= 4 is 27.5 Å². The SMILES string of the molecule is CC[NH+](CCC(=O)Nc1ccc(Br)c(C)c1)Cc1ccccc1. The van der Waals surface area contributed by atoms with Gasteiger partial charge in [-0.25, -0.2) is 0 Å². The number of rotatable bonds is 7. The summed E-state index contributed by atoms with van der Waals surface area (Å²) in [5.74, 6) is 0.0748. The quantitative estimate of drug-likeness (QED) is 0.765. The van der Waals surface area contributed by atoms with Crippen LogP contribution >= 0.6 is 15.9 Å². The molecule has 0 saturated heterocycles. The van der Waals surface area contributed by atoms with Gasteiger partial charge in [0.05, 0.1) is 19.5 Å². The summed E-state index contributed by atoms with van der Waals surface area (Å²) in [5, 5.41) is 2.98. The molecule has 2 aromatic rings. The normalized spacial score (nSPS) is 12.0. The zero-order chi connectivity index (χ0) is 16.7. The fourth-order valence-corrected chi connectivity index (χ4v) is 2.76. The lowest BCUT2D eigenvalue weighted by atomic mass is 10.2. The van der Waals surface area contributed by atoms with E-state index < -0.39 is 0 Å². The van der Waals surface area contributed by atoms with Crippen LogP contribution in [0.3, 0.4) is 0 Å². The predicted octanol–water partition coefficient (Wildman–Crippen LogP) is 3.19. The number of carbonyl (C=O) groups is 1. The van der Waals surface area contributed by atoms with E-state index in [1.807, 2.05) is 31.2 Å². The van der Waals surface area contributed by atoms with Crippen LogP contribution in [0.25, 0.3) is 0 Å². The van der Waals surface area contributed by atoms with Gasteiger partial charge in [-0.1, -0.05) is 46.3 Å². The molecular weight excluding hydrogens is 352 g/mol. The minimum Gasteiger partial charge on any atom is -0.331 e. The smallest absolute Gasteiger partial charge is 0.230 e. The maximum Gasteiger partial charge on any atom is 0.230 e. The highest BCUT2D eigenvalue weighted by Gasteiger charge is 2.11. The van der Waals surface area contributed by atoms with E-state index in [9.17, 15) is 4.79 Å². The molecule has 23 heavy (non-hydrogen) atoms. The number of quaternary nitrogens is 1. The lowest BCUT2D eigenvalue weighted by Crippen LogP contribution is -3.10. The minimum absolute atomic E-state index is 0.0748. The van der Waals surface area contributed by atoms with E-state index >= 15 is 0 Å². The number of carbonyl (C=O) groups excluding carboxylic acids is 1. The number of anilines is 1. The molecule has 0 bridgehead atoms. The van der Waals surface area contributed by atoms with Crippen molar-refractivity contribution in [3.05, 3.63) is 64.1 Å². The molecule has 0 aliphatic heterocycles. The van der Waals surface area contributed by atoms with Gasteiger partial charge in [-0.3, -0.25) is 4.79 Å². The molecule has 2 rings (SSSR count). The maximum absolute atomic E-state index is 12.1. The Kier molecular flexibility index (Phi) is 6.81. The fourth-order valence-electron chi connectivity index (χ4n) is 2.51. The predicted molar refractivity (Wildman–Crippen MR) is 98.6 cm³/mol. The first-order chi connectivity index (χ1) is 11.1. The van der Waals surface area contributed by atoms with Gasteiger partial charge < -0.3 is 10.2 Å². The van der Waals surface area contributed by atoms with Crippen LogP contribution < -0.4 is 10.2 Å². The van der Waals surface area contributed by atoms with Crippen molar-refractivity contribution < 1.29 is 9.69 Å². The van der Waals surface area contributed by atoms with Gasteiger partial charge in [0, 0.05) is 15.7 Å². The van der Waals surface area contributed by atoms with E-state index in [4.69, 9.17) is 0 Å². The number of halogens is 1. The molecule has 2 aromatic carbocycles. The van der Waals surface area contributed by atoms with E-state index in [1.165, 1.54) is 10.5 Å². The van der Waals surface area contributed by atoms with Crippen LogP contribution in [0.1, 0.15) is 24.5 Å². The molecular formula is C19H24BrN2O+. The monoisotopic (exact) mass is 375 g/mol. The van der Waals surface area contributed by atoms with E-state index in [0.717, 1.165) is 35.4 Å². The highest BCUT2D eigenvalue weighted by molar-refractivity contribution is 9.10. The molecule has 2 N–H and O–H groups in total. The number of nitrogens with one attached hydrogen (secondary N) is 2. The van der Waals surface area contributed by atoms with Crippen molar-refractivity contribution in [2.45, 2.75) is 26.8 Å². The Balaban J connectivity index is 1.83. The molecule has 0 aliphatic rings. The second-order valence-electron chi connectivity index (χ2n) is 5.78. The standard InChI is InChI=1S/C19H23BrN2O/c1-3-22(14-16-7-5-4-6-8-16)12-11-19(23)21-17-9-10-18(20)15(2)13-17/h4-10,13H,3,11-12,14H2,1-2H3,(H,21,23)/p+1. The first-order valence-corrected chi connectivity index (χ1v) is 8.81. The van der Waals surface area contributed by atoms with Gasteiger partial charge >= 0.3 is 0 Å². The molecule has 0 fully saturated rings. The zero-order valence-electron chi connectivity index (χ0n) is 13.7. The van der Waals surface area contributed by atoms with Crippen molar-refractivity contribution in [3.63, 3.8) is 0 Å². The van der Waals surface area contributed by atoms with Crippen molar-refractivity contribution in [3.8, 4) is 0 Å². The molecule has 0 aromatic heterocycles. The molecule has 0 heterocycles. The Morgan fingerprint density at radius 3 is 2.57 bits per heavy atom. The molecule has 1 atom stereocenters. The molecule has 0 saturated carbocycles. The number of benzene rings is 2. The maximum atomic E-state index is 12.1. The summed E-state index contributed by atoms with van der Waals surface area (Å²) >= 11 is 3.47. The molecule has 122 valence electrons. The van der Waals surface area contributed by atoms with Gasteiger partial charge in [0.2, 0.25) is 5.91 Å². The number of aryl methyl sites for hydroxylation is 1. The van der Waals surface area contributed by atoms with Crippen molar-refractivity contribution in [1.29, 1.82) is 0 Å². The van der Waals surface area contributed by atoms with Crippen LogP contribution in [0, 0.1) is 6.92 Å². The first-order valence-electron chi connectivity index (χ1n) is 8.02. The third kappa shape index (κ3) is 5.81. The van der Waals surface area contributed by atoms with E-state index in [2.05, 4.69) is 52.4 Å². The Hall–Kier alpha value is -1.65. The Morgan fingerprint density at radius 2 is 1.91 bits per heavy atom. The topological polar surface area (TPSA) is 33.5 Å². The average molecular weight is 376 g/mol. The van der Waals surface area contributed by atoms with Crippen LogP contribution in [0.2, 0.25) is 0 Å². The van der Waals surface area contributed by atoms with Crippen molar-refractivity contribution in [1.82, 2.24) is 0 Å². The molecule has 1 unspecified atom stereocenters. The number of hydrogen-bond acceptors (Lipinski definition) is 1. The highest BCUT2D eigenvalue weighted by Crippen LogP contribution is 2.19. The van der Waals surface area contributed by atoms with Gasteiger partial charge in [0.25, 0.3) is 0 Å². The lowest BCUT2D eigenvalue weighted by molar-refractivity contribution is -0.911. The van der Waals surface area contributed by atoms with E-state index in [0.29, 0.717) is 6.42 Å². The second-order valence-corrected chi connectivity index (χ2v) is 6.63. The molecule has 0 aliphatic carbocycles. The summed E-state index contributed by atoms with van der Waals surface area (Å²) < 4.78 is 1.06. The van der Waals surface area contributed by atoms with E-state index in [1.54, 1.807) is 0 Å². The summed E-state index contributed by atoms with van der Waals surface area (Å²) in [7, 11) is 0. The minimum atomic E-state index is 0.0748. The van der Waals surface area contributed by atoms with Gasteiger partial charge in [0.15, 0.2) is 0 Å². The Morgan fingerprint density at radius 1 is 1.17 bits per heavy atom. The summed E-state index contributed by atoms with van der Waals surface area (Å²) in [6.45, 7) is 6.99. The molecule has 3 nitrogen and oxygen atoms in total. The third-order valence-corrected chi connectivity index (χ3v) is 4.83. The molecule has 0 spiro atoms. The molecule has 4 heteroatoms. The summed E-state index contributed by atoms with van der Waals surface area (Å²) in [4.78, 5) is 13.6. The van der Waals surface area contributed by atoms with Gasteiger partial charge in [-0.15, -0.1) is 0 Å². The van der Waals surface area contributed by atoms with E-state index in [-0.39, 0.29) is 5.91 Å². The summed E-state index contributed by atoms with van der Waals surface area (Å²) in [5.41, 5.74) is 3.29. The Bertz CT molecular complexity index is 643. The summed E-state index contributed by atoms with van der Waals surface area (Å²) in [6, 6.07) is 16.3. The molecule has 0 radical (unpaired) electrons. The highest BCUT2D eigenvalue weighted by atomic mass is 79.9. The number of amides is 1. The zero-order valence-corrected chi connectivity index (χ0v) is 15.3. The van der Waals surface area contributed by atoms with Gasteiger partial charge in [-0.05, 0) is 37.6 Å². The van der Waals surface area contributed by atoms with Crippen LogP contribution in [-0.4, -0.2) is 19.0 Å². The van der Waals surface area contributed by atoms with Crippen LogP contribution in [0.5, 0.6) is 0 Å². The third-order valence-electron chi connectivity index (χ3n) is 3.94. The average Bonchev–Trinajstić information content (AvgIpc) is 2.56.